The van der Waals surface area contributed by atoms with Crippen molar-refractivity contribution < 1.29 is 0 Å². The minimum atomic E-state index is -0.0497. The van der Waals surface area contributed by atoms with E-state index in [4.69, 9.17) is 11.6 Å². The van der Waals surface area contributed by atoms with Gasteiger partial charge in [-0.25, -0.2) is 4.98 Å². The predicted octanol–water partition coefficient (Wildman–Crippen LogP) is 5.03. The van der Waals surface area contributed by atoms with Gasteiger partial charge in [0, 0.05) is 17.0 Å². The number of nitrogens with zero attached hydrogens (tertiary/aromatic N) is 1. The lowest BCUT2D eigenvalue weighted by atomic mass is 10.1. The van der Waals surface area contributed by atoms with Gasteiger partial charge in [-0.1, -0.05) is 34.9 Å². The van der Waals surface area contributed by atoms with Crippen molar-refractivity contribution >= 4 is 33.4 Å². The van der Waals surface area contributed by atoms with Crippen LogP contribution in [0.25, 0.3) is 21.8 Å². The van der Waals surface area contributed by atoms with Crippen molar-refractivity contribution in [1.82, 2.24) is 9.97 Å². The number of aryl methyl sites for hydroxylation is 2. The maximum Gasteiger partial charge on any atom is 0.248 e. The van der Waals surface area contributed by atoms with E-state index in [-0.39, 0.29) is 5.56 Å². The Morgan fingerprint density at radius 1 is 0.833 bits per heavy atom. The van der Waals surface area contributed by atoms with Crippen LogP contribution in [0.5, 0.6) is 0 Å². The third-order valence-corrected chi connectivity index (χ3v) is 3.90. The van der Waals surface area contributed by atoms with Gasteiger partial charge >= 0.3 is 0 Å². The highest BCUT2D eigenvalue weighted by Crippen LogP contribution is 2.16. The molecule has 2 aromatic heterocycles. The second-order valence-corrected chi connectivity index (χ2v) is 6.13. The van der Waals surface area contributed by atoms with E-state index >= 15 is 0 Å². The lowest BCUT2D eigenvalue weighted by Crippen LogP contribution is -2.01. The summed E-state index contributed by atoms with van der Waals surface area (Å²) in [4.78, 5) is 17.9. The normalized spacial score (nSPS) is 10.5. The van der Waals surface area contributed by atoms with Crippen LogP contribution >= 0.6 is 11.6 Å². The second-order valence-electron chi connectivity index (χ2n) is 5.74. The van der Waals surface area contributed by atoms with Crippen molar-refractivity contribution in [3.63, 3.8) is 0 Å². The third-order valence-electron chi connectivity index (χ3n) is 3.69. The van der Waals surface area contributed by atoms with Gasteiger partial charge in [0.1, 0.15) is 5.15 Å². The first-order valence-corrected chi connectivity index (χ1v) is 8.02. The Bertz CT molecular complexity index is 1030. The smallest absolute Gasteiger partial charge is 0.248 e. The first-order valence-electron chi connectivity index (χ1n) is 7.64. The van der Waals surface area contributed by atoms with Crippen LogP contribution in [0.3, 0.4) is 0 Å². The van der Waals surface area contributed by atoms with E-state index in [0.717, 1.165) is 21.8 Å². The number of H-pyrrole nitrogens is 1. The van der Waals surface area contributed by atoms with E-state index in [0.29, 0.717) is 5.15 Å². The highest BCUT2D eigenvalue weighted by Gasteiger charge is 1.95. The zero-order valence-electron chi connectivity index (χ0n) is 13.5. The molecular formula is C20H17ClN2O. The van der Waals surface area contributed by atoms with Gasteiger partial charge in [-0.15, -0.1) is 0 Å². The average molecular weight is 337 g/mol. The van der Waals surface area contributed by atoms with E-state index in [1.54, 1.807) is 6.07 Å². The Hall–Kier alpha value is -2.65. The largest absolute Gasteiger partial charge is 0.322 e. The van der Waals surface area contributed by atoms with Gasteiger partial charge in [0.2, 0.25) is 5.56 Å². The molecule has 0 amide bonds. The summed E-state index contributed by atoms with van der Waals surface area (Å²) < 4.78 is 0. The maximum absolute atomic E-state index is 10.9. The fourth-order valence-electron chi connectivity index (χ4n) is 2.49. The van der Waals surface area contributed by atoms with Crippen LogP contribution in [0.1, 0.15) is 11.1 Å². The van der Waals surface area contributed by atoms with Crippen molar-refractivity contribution in [2.75, 3.05) is 0 Å². The fourth-order valence-corrected chi connectivity index (χ4v) is 2.65. The molecule has 3 nitrogen and oxygen atoms in total. The number of hydrogen-bond acceptors (Lipinski definition) is 2. The zero-order chi connectivity index (χ0) is 17.1. The molecule has 0 fully saturated rings. The number of halogens is 1. The van der Waals surface area contributed by atoms with Gasteiger partial charge in [-0.2, -0.15) is 0 Å². The number of hydrogen-bond donors (Lipinski definition) is 1. The van der Waals surface area contributed by atoms with Crippen LogP contribution < -0.4 is 5.56 Å². The summed E-state index contributed by atoms with van der Waals surface area (Å²) in [7, 11) is 0. The quantitative estimate of drug-likeness (QED) is 0.457. The van der Waals surface area contributed by atoms with Crippen LogP contribution in [0.2, 0.25) is 5.15 Å². The number of nitrogens with one attached hydrogen (secondary N) is 1. The average Bonchev–Trinajstić information content (AvgIpc) is 2.56. The number of fused-ring (bicyclic) bond motifs is 2. The monoisotopic (exact) mass is 336 g/mol. The number of rotatable bonds is 0. The van der Waals surface area contributed by atoms with Gasteiger partial charge in [0.25, 0.3) is 0 Å². The molecule has 0 unspecified atom stereocenters. The highest BCUT2D eigenvalue weighted by atomic mass is 35.5. The molecule has 24 heavy (non-hydrogen) atoms. The predicted molar refractivity (Wildman–Crippen MR) is 101 cm³/mol. The maximum atomic E-state index is 10.9. The van der Waals surface area contributed by atoms with E-state index in [1.165, 1.54) is 11.1 Å². The second kappa shape index (κ2) is 6.85. The number of aromatic nitrogens is 2. The summed E-state index contributed by atoms with van der Waals surface area (Å²) in [6.45, 7) is 4.10. The van der Waals surface area contributed by atoms with Crippen LogP contribution in [0.15, 0.2) is 65.5 Å². The molecule has 4 aromatic rings. The minimum absolute atomic E-state index is 0.0497. The van der Waals surface area contributed by atoms with Crippen molar-refractivity contribution in [1.29, 1.82) is 0 Å². The number of aromatic amines is 1. The molecule has 2 aromatic carbocycles. The summed E-state index contributed by atoms with van der Waals surface area (Å²) in [5.74, 6) is 0. The SMILES string of the molecule is Cc1ccc2[nH]c(=O)ccc2c1.Cc1ccc2nc(Cl)ccc2c1. The Kier molecular flexibility index (Phi) is 4.63. The van der Waals surface area contributed by atoms with E-state index in [1.807, 2.05) is 55.5 Å². The van der Waals surface area contributed by atoms with Crippen molar-refractivity contribution in [2.24, 2.45) is 0 Å². The van der Waals surface area contributed by atoms with Gasteiger partial charge < -0.3 is 4.98 Å². The molecular weight excluding hydrogens is 320 g/mol. The minimum Gasteiger partial charge on any atom is -0.322 e. The lowest BCUT2D eigenvalue weighted by molar-refractivity contribution is 1.30. The molecule has 4 heteroatoms. The Labute approximate surface area is 144 Å². The van der Waals surface area contributed by atoms with E-state index in [2.05, 4.69) is 23.0 Å². The summed E-state index contributed by atoms with van der Waals surface area (Å²) in [6.07, 6.45) is 0. The molecule has 0 saturated carbocycles. The summed E-state index contributed by atoms with van der Waals surface area (Å²) in [5, 5.41) is 2.76. The van der Waals surface area contributed by atoms with Gasteiger partial charge in [-0.05, 0) is 61.7 Å². The molecule has 0 radical (unpaired) electrons. The van der Waals surface area contributed by atoms with Crippen LogP contribution in [-0.4, -0.2) is 9.97 Å². The van der Waals surface area contributed by atoms with E-state index < -0.39 is 0 Å². The molecule has 0 aliphatic carbocycles. The van der Waals surface area contributed by atoms with Crippen molar-refractivity contribution in [3.8, 4) is 0 Å². The standard InChI is InChI=1S/C10H8ClN.C10H9NO/c1-7-2-4-9-8(6-7)3-5-10(11)12-9;1-7-2-4-9-8(6-7)3-5-10(12)11-9/h2-6H,1H3;2-6H,1H3,(H,11,12). The molecule has 0 aliphatic rings. The van der Waals surface area contributed by atoms with Gasteiger partial charge in [-0.3, -0.25) is 4.79 Å². The van der Waals surface area contributed by atoms with Crippen LogP contribution in [0, 0.1) is 13.8 Å². The zero-order valence-corrected chi connectivity index (χ0v) is 14.3. The van der Waals surface area contributed by atoms with Crippen LogP contribution in [0.4, 0.5) is 0 Å². The summed E-state index contributed by atoms with van der Waals surface area (Å²) in [5.41, 5.74) is 4.24. The molecule has 0 aliphatic heterocycles. The molecule has 120 valence electrons. The lowest BCUT2D eigenvalue weighted by Gasteiger charge is -1.98. The first-order chi connectivity index (χ1) is 11.5. The van der Waals surface area contributed by atoms with Gasteiger partial charge in [0.05, 0.1) is 5.52 Å². The number of benzene rings is 2. The molecule has 2 heterocycles. The van der Waals surface area contributed by atoms with E-state index in [9.17, 15) is 4.79 Å². The molecule has 1 N–H and O–H groups in total. The topological polar surface area (TPSA) is 45.8 Å². The molecule has 0 saturated heterocycles. The van der Waals surface area contributed by atoms with Crippen LogP contribution in [-0.2, 0) is 0 Å². The molecule has 4 rings (SSSR count). The molecule has 0 spiro atoms. The third kappa shape index (κ3) is 3.81. The first kappa shape index (κ1) is 16.2. The van der Waals surface area contributed by atoms with Crippen molar-refractivity contribution in [2.45, 2.75) is 13.8 Å². The summed E-state index contributed by atoms with van der Waals surface area (Å²) >= 11 is 5.75. The molecule has 0 atom stereocenters. The summed E-state index contributed by atoms with van der Waals surface area (Å²) in [6, 6.07) is 19.2. The fraction of sp³-hybridized carbons (Fsp3) is 0.100. The Morgan fingerprint density at radius 2 is 1.50 bits per heavy atom. The van der Waals surface area contributed by atoms with Crippen molar-refractivity contribution in [3.05, 3.63) is 87.3 Å². The Balaban J connectivity index is 0.000000141. The number of pyridine rings is 2. The Morgan fingerprint density at radius 3 is 2.29 bits per heavy atom. The molecule has 0 bridgehead atoms. The highest BCUT2D eigenvalue weighted by molar-refractivity contribution is 6.29. The van der Waals surface area contributed by atoms with Gasteiger partial charge in [0.15, 0.2) is 0 Å².